The second-order valence-electron chi connectivity index (χ2n) is 6.20. The number of hydrogen-bond acceptors (Lipinski definition) is 1. The van der Waals surface area contributed by atoms with E-state index in [-0.39, 0.29) is 18.4 Å². The van der Waals surface area contributed by atoms with Crippen LogP contribution >= 0.6 is 11.6 Å². The summed E-state index contributed by atoms with van der Waals surface area (Å²) < 4.78 is 39.5. The highest BCUT2D eigenvalue weighted by atomic mass is 35.5. The molecule has 2 fully saturated rings. The molecule has 122 valence electrons. The van der Waals surface area contributed by atoms with Gasteiger partial charge in [-0.05, 0) is 38.5 Å². The molecule has 0 aromatic heterocycles. The molecule has 2 aliphatic carbocycles. The maximum absolute atomic E-state index is 13.2. The molecule has 2 nitrogen and oxygen atoms in total. The van der Waals surface area contributed by atoms with Gasteiger partial charge in [-0.1, -0.05) is 12.8 Å². The molecule has 0 aromatic carbocycles. The van der Waals surface area contributed by atoms with Crippen LogP contribution in [0, 0.1) is 11.8 Å². The monoisotopic (exact) mass is 325 g/mol. The molecule has 0 aliphatic heterocycles. The average Bonchev–Trinajstić information content (AvgIpc) is 2.39. The molecule has 2 rings (SSSR count). The van der Waals surface area contributed by atoms with Gasteiger partial charge in [0.1, 0.15) is 0 Å². The second kappa shape index (κ2) is 7.21. The lowest BCUT2D eigenvalue weighted by atomic mass is 9.77. The van der Waals surface area contributed by atoms with Crippen molar-refractivity contribution in [2.75, 3.05) is 12.4 Å². The molecule has 2 unspecified atom stereocenters. The normalized spacial score (nSPS) is 27.2. The van der Waals surface area contributed by atoms with Crippen LogP contribution in [-0.4, -0.2) is 35.4 Å². The first-order chi connectivity index (χ1) is 9.95. The third-order valence-corrected chi connectivity index (χ3v) is 5.10. The Bertz CT molecular complexity index is 357. The first-order valence-corrected chi connectivity index (χ1v) is 8.41. The molecule has 2 saturated carbocycles. The summed E-state index contributed by atoms with van der Waals surface area (Å²) in [5.74, 6) is -2.19. The minimum atomic E-state index is -4.27. The van der Waals surface area contributed by atoms with E-state index in [1.165, 1.54) is 0 Å². The minimum Gasteiger partial charge on any atom is -0.339 e. The Morgan fingerprint density at radius 1 is 1.10 bits per heavy atom. The highest BCUT2D eigenvalue weighted by molar-refractivity contribution is 6.17. The number of nitrogens with zero attached hydrogens (tertiary/aromatic N) is 1. The number of hydrogen-bond donors (Lipinski definition) is 0. The maximum Gasteiger partial charge on any atom is 0.392 e. The third kappa shape index (κ3) is 4.05. The van der Waals surface area contributed by atoms with Crippen LogP contribution in [0.15, 0.2) is 0 Å². The highest BCUT2D eigenvalue weighted by Crippen LogP contribution is 2.43. The number of alkyl halides is 4. The predicted molar refractivity (Wildman–Crippen MR) is 76.2 cm³/mol. The van der Waals surface area contributed by atoms with Crippen LogP contribution < -0.4 is 0 Å². The molecule has 0 aromatic rings. The van der Waals surface area contributed by atoms with Crippen LogP contribution in [-0.2, 0) is 4.79 Å². The zero-order chi connectivity index (χ0) is 15.5. The molecule has 2 aliphatic rings. The van der Waals surface area contributed by atoms with Crippen molar-refractivity contribution in [3.63, 3.8) is 0 Å². The Morgan fingerprint density at radius 2 is 1.76 bits per heavy atom. The van der Waals surface area contributed by atoms with E-state index in [1.54, 1.807) is 4.90 Å². The van der Waals surface area contributed by atoms with Crippen LogP contribution in [0.25, 0.3) is 0 Å². The highest BCUT2D eigenvalue weighted by Gasteiger charge is 2.49. The summed E-state index contributed by atoms with van der Waals surface area (Å²) in [4.78, 5) is 14.4. The second-order valence-corrected chi connectivity index (χ2v) is 6.58. The van der Waals surface area contributed by atoms with Crippen molar-refractivity contribution in [3.8, 4) is 0 Å². The van der Waals surface area contributed by atoms with Gasteiger partial charge in [-0.2, -0.15) is 13.2 Å². The molecule has 0 heterocycles. The van der Waals surface area contributed by atoms with Crippen molar-refractivity contribution in [1.82, 2.24) is 4.90 Å². The Labute approximate surface area is 129 Å². The lowest BCUT2D eigenvalue weighted by Crippen LogP contribution is -2.51. The Kier molecular flexibility index (Phi) is 5.81. The number of carbonyl (C=O) groups is 1. The molecule has 0 spiro atoms. The number of rotatable bonds is 5. The molecule has 0 radical (unpaired) electrons. The number of amides is 1. The van der Waals surface area contributed by atoms with Gasteiger partial charge >= 0.3 is 6.18 Å². The number of halogens is 4. The molecule has 1 amide bonds. The predicted octanol–water partition coefficient (Wildman–Crippen LogP) is 4.37. The van der Waals surface area contributed by atoms with E-state index in [1.807, 2.05) is 0 Å². The van der Waals surface area contributed by atoms with Crippen molar-refractivity contribution in [2.24, 2.45) is 11.8 Å². The zero-order valence-electron chi connectivity index (χ0n) is 12.2. The fraction of sp³-hybridized carbons (Fsp3) is 0.933. The first-order valence-electron chi connectivity index (χ1n) is 7.88. The molecule has 0 bridgehead atoms. The molecule has 21 heavy (non-hydrogen) atoms. The van der Waals surface area contributed by atoms with Gasteiger partial charge in [0.15, 0.2) is 0 Å². The Hall–Kier alpha value is -0.450. The van der Waals surface area contributed by atoms with E-state index in [0.717, 1.165) is 25.7 Å². The smallest absolute Gasteiger partial charge is 0.339 e. The lowest BCUT2D eigenvalue weighted by molar-refractivity contribution is -0.201. The molecule has 2 atom stereocenters. The fourth-order valence-corrected chi connectivity index (χ4v) is 3.55. The zero-order valence-corrected chi connectivity index (χ0v) is 12.9. The van der Waals surface area contributed by atoms with Gasteiger partial charge in [-0.3, -0.25) is 4.79 Å². The fourth-order valence-electron chi connectivity index (χ4n) is 3.43. The van der Waals surface area contributed by atoms with Crippen LogP contribution in [0.1, 0.15) is 51.4 Å². The number of carbonyl (C=O) groups excluding carboxylic acids is 1. The summed E-state index contributed by atoms with van der Waals surface area (Å²) >= 11 is 5.69. The maximum atomic E-state index is 13.2. The average molecular weight is 326 g/mol. The molecule has 6 heteroatoms. The van der Waals surface area contributed by atoms with Crippen LogP contribution in [0.3, 0.4) is 0 Å². The van der Waals surface area contributed by atoms with E-state index < -0.39 is 18.0 Å². The Morgan fingerprint density at radius 3 is 2.29 bits per heavy atom. The van der Waals surface area contributed by atoms with Crippen molar-refractivity contribution in [1.29, 1.82) is 0 Å². The van der Waals surface area contributed by atoms with Gasteiger partial charge in [-0.15, -0.1) is 11.6 Å². The van der Waals surface area contributed by atoms with Gasteiger partial charge in [0.25, 0.3) is 0 Å². The lowest BCUT2D eigenvalue weighted by Gasteiger charge is -2.42. The van der Waals surface area contributed by atoms with E-state index >= 15 is 0 Å². The standard InChI is InChI=1S/C15H23ClF3NO/c16-9-4-10-20(11-5-3-6-11)14(21)12-7-1-2-8-13(12)15(17,18)19/h11-13H,1-10H2. The molecule has 0 N–H and O–H groups in total. The van der Waals surface area contributed by atoms with E-state index in [2.05, 4.69) is 0 Å². The summed E-state index contributed by atoms with van der Waals surface area (Å²) in [7, 11) is 0. The van der Waals surface area contributed by atoms with Crippen LogP contribution in [0.5, 0.6) is 0 Å². The van der Waals surface area contributed by atoms with Crippen LogP contribution in [0.4, 0.5) is 13.2 Å². The van der Waals surface area contributed by atoms with Crippen molar-refractivity contribution in [2.45, 2.75) is 63.6 Å². The quantitative estimate of drug-likeness (QED) is 0.687. The summed E-state index contributed by atoms with van der Waals surface area (Å²) in [6.45, 7) is 0.494. The van der Waals surface area contributed by atoms with Gasteiger partial charge in [-0.25, -0.2) is 0 Å². The Balaban J connectivity index is 2.09. The van der Waals surface area contributed by atoms with E-state index in [9.17, 15) is 18.0 Å². The largest absolute Gasteiger partial charge is 0.392 e. The van der Waals surface area contributed by atoms with E-state index in [4.69, 9.17) is 11.6 Å². The van der Waals surface area contributed by atoms with Gasteiger partial charge in [0.05, 0.1) is 5.92 Å². The summed E-state index contributed by atoms with van der Waals surface area (Å²) in [6.07, 6.45) is 1.01. The van der Waals surface area contributed by atoms with Gasteiger partial charge < -0.3 is 4.90 Å². The van der Waals surface area contributed by atoms with Gasteiger partial charge in [0, 0.05) is 24.4 Å². The van der Waals surface area contributed by atoms with Crippen molar-refractivity contribution in [3.05, 3.63) is 0 Å². The van der Waals surface area contributed by atoms with Crippen molar-refractivity contribution < 1.29 is 18.0 Å². The van der Waals surface area contributed by atoms with Crippen LogP contribution in [0.2, 0.25) is 0 Å². The van der Waals surface area contributed by atoms with E-state index in [0.29, 0.717) is 31.7 Å². The molecular formula is C15H23ClF3NO. The topological polar surface area (TPSA) is 20.3 Å². The third-order valence-electron chi connectivity index (χ3n) is 4.83. The summed E-state index contributed by atoms with van der Waals surface area (Å²) in [5.41, 5.74) is 0. The first kappa shape index (κ1) is 16.9. The SMILES string of the molecule is O=C(C1CCCCC1C(F)(F)F)N(CCCCl)C1CCC1. The van der Waals surface area contributed by atoms with Gasteiger partial charge in [0.2, 0.25) is 5.91 Å². The summed E-state index contributed by atoms with van der Waals surface area (Å²) in [6, 6.07) is 0.136. The minimum absolute atomic E-state index is 0.0912. The van der Waals surface area contributed by atoms with Crippen molar-refractivity contribution >= 4 is 17.5 Å². The molecule has 0 saturated heterocycles. The molecular weight excluding hydrogens is 303 g/mol. The summed E-state index contributed by atoms with van der Waals surface area (Å²) in [5, 5.41) is 0.